The molecule has 12 nitrogen and oxygen atoms in total. The minimum Gasteiger partial charge on any atom is -0.462 e. The van der Waals surface area contributed by atoms with E-state index in [0.717, 1.165) is 0 Å². The first kappa shape index (κ1) is 42.2. The molecule has 0 bridgehead atoms. The van der Waals surface area contributed by atoms with Crippen LogP contribution in [0, 0.1) is 0 Å². The Labute approximate surface area is 268 Å². The van der Waals surface area contributed by atoms with Gasteiger partial charge in [-0.05, 0) is 90.4 Å². The van der Waals surface area contributed by atoms with Gasteiger partial charge in [-0.25, -0.2) is 14.4 Å². The topological polar surface area (TPSA) is 150 Å². The van der Waals surface area contributed by atoms with Crippen molar-refractivity contribution in [3.05, 3.63) is 36.5 Å². The van der Waals surface area contributed by atoms with Gasteiger partial charge in [-0.15, -0.1) is 0 Å². The molecule has 0 amide bonds. The molecular weight excluding hydrogens is 657 g/mol. The number of hydrogen-bond acceptors (Lipinski definition) is 12. The molecule has 2 atom stereocenters. The van der Waals surface area contributed by atoms with Crippen LogP contribution in [0.1, 0.15) is 47.0 Å². The Morgan fingerprint density at radius 3 is 1.00 bits per heavy atom. The number of carbonyl (C=O) groups is 3. The van der Waals surface area contributed by atoms with Crippen molar-refractivity contribution in [3.63, 3.8) is 0 Å². The van der Waals surface area contributed by atoms with Crippen LogP contribution in [0.4, 0.5) is 0 Å². The lowest BCUT2D eigenvalue weighted by atomic mass is 10.4. The molecule has 1 saturated heterocycles. The first-order valence-electron chi connectivity index (χ1n) is 14.6. The van der Waals surface area contributed by atoms with Crippen LogP contribution in [0.3, 0.4) is 0 Å². The van der Waals surface area contributed by atoms with Crippen LogP contribution in [-0.4, -0.2) is 81.3 Å². The summed E-state index contributed by atoms with van der Waals surface area (Å²) in [7, 11) is -12.8. The number of esters is 3. The minimum atomic E-state index is -2.93. The van der Waals surface area contributed by atoms with Gasteiger partial charge in [0.1, 0.15) is 0 Å². The fraction of sp³-hybridized carbons (Fsp3) is 0.667. The van der Waals surface area contributed by atoms with Gasteiger partial charge in [0, 0.05) is 16.7 Å². The van der Waals surface area contributed by atoms with Crippen molar-refractivity contribution in [2.45, 2.75) is 97.3 Å². The third-order valence-electron chi connectivity index (χ3n) is 6.44. The van der Waals surface area contributed by atoms with Gasteiger partial charge < -0.3 is 30.7 Å². The second kappa shape index (κ2) is 19.6. The van der Waals surface area contributed by atoms with E-state index in [4.69, 9.17) is 39.6 Å². The molecule has 0 saturated carbocycles. The Balaban J connectivity index is 0.00000590. The van der Waals surface area contributed by atoms with E-state index in [-0.39, 0.29) is 19.8 Å². The van der Waals surface area contributed by atoms with E-state index in [9.17, 15) is 14.4 Å². The smallest absolute Gasteiger partial charge is 0.462 e. The lowest BCUT2D eigenvalue weighted by Gasteiger charge is -2.50. The molecule has 0 aromatic carbocycles. The van der Waals surface area contributed by atoms with Crippen molar-refractivity contribution in [1.82, 2.24) is 0 Å². The molecule has 0 radical (unpaired) electrons. The molecule has 44 heavy (non-hydrogen) atoms. The average molecular weight is 707 g/mol. The Bertz CT molecular complexity index is 1030. The van der Waals surface area contributed by atoms with E-state index in [0.29, 0.717) is 60.2 Å². The molecule has 1 aliphatic rings. The summed E-state index contributed by atoms with van der Waals surface area (Å²) < 4.78 is 60.4. The zero-order valence-corrected chi connectivity index (χ0v) is 32.6. The highest BCUT2D eigenvalue weighted by molar-refractivity contribution is 6.93. The van der Waals surface area contributed by atoms with Gasteiger partial charge >= 0.3 is 61.4 Å². The molecule has 0 aromatic rings. The zero-order chi connectivity index (χ0) is 34.2. The molecule has 1 rings (SSSR count). The molecule has 0 aliphatic carbocycles. The Kier molecular flexibility index (Phi) is 18.8. The maximum absolute atomic E-state index is 11.9. The monoisotopic (exact) mass is 706 g/mol. The standard InChI is InChI=1S/C27H50O10Si4.O2Si/c1-12-38(8)34-39(9,19-13-16-31-25(28)22(2)3)36-41(11,21-15-18-33-27(30)24(6)7)37-40(10,35-38)20-14-17-32-26(29)23(4)5;1-3-2/h2,4,6,12-21H2,1,3,5,7-11H3;. The van der Waals surface area contributed by atoms with Gasteiger partial charge in [0.15, 0.2) is 0 Å². The van der Waals surface area contributed by atoms with E-state index in [1.807, 2.05) is 33.1 Å². The first-order valence-corrected chi connectivity index (χ1v) is 25.5. The largest absolute Gasteiger partial charge is 0.549 e. The minimum absolute atomic E-state index is 0.217. The highest BCUT2D eigenvalue weighted by Crippen LogP contribution is 2.38. The van der Waals surface area contributed by atoms with Crippen molar-refractivity contribution >= 4 is 61.4 Å². The molecule has 0 spiro atoms. The third kappa shape index (κ3) is 16.5. The van der Waals surface area contributed by atoms with Crippen molar-refractivity contribution < 1.29 is 54.0 Å². The molecular formula is C27H50O12Si5. The van der Waals surface area contributed by atoms with E-state index in [1.165, 1.54) is 0 Å². The van der Waals surface area contributed by atoms with Gasteiger partial charge in [-0.2, -0.15) is 0 Å². The van der Waals surface area contributed by atoms with E-state index >= 15 is 0 Å². The van der Waals surface area contributed by atoms with Crippen LogP contribution >= 0.6 is 0 Å². The summed E-state index contributed by atoms with van der Waals surface area (Å²) >= 11 is 0. The van der Waals surface area contributed by atoms with Crippen molar-refractivity contribution in [2.75, 3.05) is 19.8 Å². The summed E-state index contributed by atoms with van der Waals surface area (Å²) in [5, 5.41) is 0. The predicted molar refractivity (Wildman–Crippen MR) is 174 cm³/mol. The summed E-state index contributed by atoms with van der Waals surface area (Å²) in [6.07, 6.45) is 1.68. The Morgan fingerprint density at radius 1 is 0.568 bits per heavy atom. The van der Waals surface area contributed by atoms with Crippen LogP contribution in [0.5, 0.6) is 0 Å². The number of hydrogen-bond donors (Lipinski definition) is 0. The van der Waals surface area contributed by atoms with Gasteiger partial charge in [0.25, 0.3) is 0 Å². The van der Waals surface area contributed by atoms with Crippen LogP contribution in [-0.2, 0) is 54.0 Å². The van der Waals surface area contributed by atoms with Gasteiger partial charge in [-0.3, -0.25) is 8.92 Å². The van der Waals surface area contributed by atoms with Crippen LogP contribution in [0.25, 0.3) is 0 Å². The van der Waals surface area contributed by atoms with E-state index in [2.05, 4.69) is 19.7 Å². The van der Waals surface area contributed by atoms with Gasteiger partial charge in [0.05, 0.1) is 19.8 Å². The fourth-order valence-electron chi connectivity index (χ4n) is 4.40. The zero-order valence-electron chi connectivity index (χ0n) is 27.6. The molecule has 1 aliphatic heterocycles. The molecule has 1 fully saturated rings. The first-order chi connectivity index (χ1) is 20.3. The highest BCUT2D eigenvalue weighted by Gasteiger charge is 2.56. The number of carbonyl (C=O) groups excluding carboxylic acids is 3. The van der Waals surface area contributed by atoms with E-state index in [1.54, 1.807) is 20.8 Å². The van der Waals surface area contributed by atoms with Crippen LogP contribution in [0.2, 0.25) is 50.4 Å². The SMILES string of the molecule is C=C(C)C(=O)OCCC[Si]1(C)O[Si](C)(CC)O[Si](C)(CCCOC(=O)C(=C)C)O[Si](C)(CCCOC(=O)C(=C)C)O1.O=[Si]=O. The van der Waals surface area contributed by atoms with Crippen LogP contribution < -0.4 is 0 Å². The molecule has 250 valence electrons. The van der Waals surface area contributed by atoms with Crippen LogP contribution in [0.15, 0.2) is 36.5 Å². The Morgan fingerprint density at radius 2 is 0.795 bits per heavy atom. The maximum atomic E-state index is 11.9. The van der Waals surface area contributed by atoms with E-state index < -0.39 is 61.4 Å². The van der Waals surface area contributed by atoms with Gasteiger partial charge in [-0.1, -0.05) is 26.7 Å². The summed E-state index contributed by atoms with van der Waals surface area (Å²) in [4.78, 5) is 35.6. The summed E-state index contributed by atoms with van der Waals surface area (Å²) in [6.45, 7) is 26.5. The summed E-state index contributed by atoms with van der Waals surface area (Å²) in [6, 6.07) is 2.45. The van der Waals surface area contributed by atoms with Crippen molar-refractivity contribution in [1.29, 1.82) is 0 Å². The average Bonchev–Trinajstić information content (AvgIpc) is 2.90. The number of rotatable bonds is 16. The molecule has 17 heteroatoms. The summed E-state index contributed by atoms with van der Waals surface area (Å²) in [5.74, 6) is -1.27. The fourth-order valence-corrected chi connectivity index (χ4v) is 27.1. The molecule has 2 unspecified atom stereocenters. The third-order valence-corrected chi connectivity index (χ3v) is 25.3. The quantitative estimate of drug-likeness (QED) is 0.0675. The maximum Gasteiger partial charge on any atom is 0.549 e. The predicted octanol–water partition coefficient (Wildman–Crippen LogP) is 5.28. The Hall–Kier alpha value is -1.85. The van der Waals surface area contributed by atoms with Gasteiger partial charge in [0.2, 0.25) is 0 Å². The lowest BCUT2D eigenvalue weighted by molar-refractivity contribution is -0.139. The molecule has 1 heterocycles. The highest BCUT2D eigenvalue weighted by atomic mass is 28.5. The second-order valence-corrected chi connectivity index (χ2v) is 26.2. The second-order valence-electron chi connectivity index (χ2n) is 11.4. The molecule has 0 N–H and O–H groups in total. The number of ether oxygens (including phenoxy) is 3. The lowest BCUT2D eigenvalue weighted by Crippen LogP contribution is -2.67. The normalized spacial score (nSPS) is 26.4. The van der Waals surface area contributed by atoms with Crippen molar-refractivity contribution in [3.8, 4) is 0 Å². The van der Waals surface area contributed by atoms with Crippen molar-refractivity contribution in [2.24, 2.45) is 0 Å². The molecule has 0 aromatic heterocycles. The summed E-state index contributed by atoms with van der Waals surface area (Å²) in [5.41, 5.74) is 1.05.